The third kappa shape index (κ3) is 1.19. The zero-order chi connectivity index (χ0) is 12.1. The molecule has 6 heteroatoms. The summed E-state index contributed by atoms with van der Waals surface area (Å²) in [5, 5.41) is 12.9. The Labute approximate surface area is 90.9 Å². The van der Waals surface area contributed by atoms with Crippen LogP contribution in [0.2, 0.25) is 0 Å². The number of halogens is 2. The van der Waals surface area contributed by atoms with Crippen molar-refractivity contribution in [2.24, 2.45) is 0 Å². The first-order chi connectivity index (χ1) is 7.33. The van der Waals surface area contributed by atoms with Gasteiger partial charge in [0.05, 0.1) is 5.69 Å². The van der Waals surface area contributed by atoms with Crippen LogP contribution in [0.4, 0.5) is 8.78 Å². The molecule has 16 heavy (non-hydrogen) atoms. The lowest BCUT2D eigenvalue weighted by Gasteiger charge is -2.16. The first-order valence-electron chi connectivity index (χ1n) is 4.98. The fraction of sp³-hybridized carbons (Fsp3) is 0.600. The number of rotatable bonds is 3. The van der Waals surface area contributed by atoms with Crippen molar-refractivity contribution < 1.29 is 18.7 Å². The van der Waals surface area contributed by atoms with Gasteiger partial charge in [-0.2, -0.15) is 5.10 Å². The highest BCUT2D eigenvalue weighted by atomic mass is 19.3. The molecule has 88 valence electrons. The molecule has 0 aromatic carbocycles. The number of aromatic nitrogens is 2. The van der Waals surface area contributed by atoms with E-state index in [2.05, 4.69) is 5.10 Å². The monoisotopic (exact) mass is 230 g/mol. The Morgan fingerprint density at radius 2 is 2.19 bits per heavy atom. The Bertz CT molecular complexity index is 442. The van der Waals surface area contributed by atoms with Gasteiger partial charge < -0.3 is 5.11 Å². The molecule has 1 aromatic heterocycles. The molecule has 0 saturated heterocycles. The molecule has 1 aliphatic carbocycles. The molecule has 1 aromatic rings. The number of aliphatic carboxylic acids is 1. The summed E-state index contributed by atoms with van der Waals surface area (Å²) in [4.78, 5) is 11.1. The number of hydrogen-bond donors (Lipinski definition) is 1. The van der Waals surface area contributed by atoms with Crippen LogP contribution in [0.15, 0.2) is 12.3 Å². The van der Waals surface area contributed by atoms with Crippen LogP contribution in [-0.2, 0) is 10.2 Å². The molecule has 1 heterocycles. The predicted octanol–water partition coefficient (Wildman–Crippen LogP) is 1.83. The van der Waals surface area contributed by atoms with Gasteiger partial charge in [0, 0.05) is 18.7 Å². The summed E-state index contributed by atoms with van der Waals surface area (Å²) in [5.41, 5.74) is -1.99. The van der Waals surface area contributed by atoms with Crippen molar-refractivity contribution in [2.75, 3.05) is 0 Å². The van der Waals surface area contributed by atoms with Crippen LogP contribution >= 0.6 is 0 Å². The van der Waals surface area contributed by atoms with Crippen LogP contribution in [0.5, 0.6) is 0 Å². The van der Waals surface area contributed by atoms with Crippen LogP contribution < -0.4 is 0 Å². The van der Waals surface area contributed by atoms with Crippen LogP contribution in [-0.4, -0.2) is 26.8 Å². The first kappa shape index (κ1) is 11.0. The fourth-order valence-corrected chi connectivity index (χ4v) is 1.97. The summed E-state index contributed by atoms with van der Waals surface area (Å²) in [6, 6.07) is 1.22. The normalized spacial score (nSPS) is 27.1. The van der Waals surface area contributed by atoms with Crippen molar-refractivity contribution in [2.45, 2.75) is 37.6 Å². The van der Waals surface area contributed by atoms with Gasteiger partial charge in [-0.15, -0.1) is 0 Å². The van der Waals surface area contributed by atoms with Crippen LogP contribution in [0.25, 0.3) is 0 Å². The molecule has 0 spiro atoms. The van der Waals surface area contributed by atoms with E-state index in [9.17, 15) is 13.6 Å². The van der Waals surface area contributed by atoms with Crippen molar-refractivity contribution in [1.82, 2.24) is 9.78 Å². The van der Waals surface area contributed by atoms with Gasteiger partial charge >= 0.3 is 5.97 Å². The van der Waals surface area contributed by atoms with Gasteiger partial charge in [0.25, 0.3) is 5.92 Å². The summed E-state index contributed by atoms with van der Waals surface area (Å²) >= 11 is 0. The molecular formula is C10H12F2N2O2. The van der Waals surface area contributed by atoms with E-state index in [4.69, 9.17) is 5.11 Å². The van der Waals surface area contributed by atoms with Crippen molar-refractivity contribution in [3.8, 4) is 0 Å². The van der Waals surface area contributed by atoms with E-state index < -0.39 is 23.7 Å². The summed E-state index contributed by atoms with van der Waals surface area (Å²) in [5.74, 6) is -4.66. The minimum atomic E-state index is -3.18. The lowest BCUT2D eigenvalue weighted by Crippen LogP contribution is -2.30. The first-order valence-corrected chi connectivity index (χ1v) is 4.98. The Morgan fingerprint density at radius 3 is 2.56 bits per heavy atom. The van der Waals surface area contributed by atoms with E-state index >= 15 is 0 Å². The van der Waals surface area contributed by atoms with Crippen molar-refractivity contribution in [3.63, 3.8) is 0 Å². The van der Waals surface area contributed by atoms with Gasteiger partial charge in [-0.1, -0.05) is 0 Å². The lowest BCUT2D eigenvalue weighted by molar-refractivity contribution is -0.143. The summed E-state index contributed by atoms with van der Waals surface area (Å²) < 4.78 is 27.9. The Balaban J connectivity index is 2.51. The minimum absolute atomic E-state index is 0.0833. The van der Waals surface area contributed by atoms with Crippen LogP contribution in [0, 0.1) is 0 Å². The maximum atomic E-state index is 13.3. The van der Waals surface area contributed by atoms with E-state index in [1.165, 1.54) is 16.9 Å². The quantitative estimate of drug-likeness (QED) is 0.861. The SMILES string of the molecule is CC(C)n1nccc1C1(C(=O)O)CC1(F)F. The van der Waals surface area contributed by atoms with Crippen molar-refractivity contribution in [3.05, 3.63) is 18.0 Å². The second kappa shape index (κ2) is 3.02. The Kier molecular flexibility index (Phi) is 2.09. The number of carboxylic acids is 1. The second-order valence-corrected chi connectivity index (χ2v) is 4.35. The third-order valence-electron chi connectivity index (χ3n) is 2.95. The standard InChI is InChI=1S/C10H12F2N2O2/c1-6(2)14-7(3-4-13-14)9(8(15)16)5-10(9,11)12/h3-4,6H,5H2,1-2H3,(H,15,16). The average molecular weight is 230 g/mol. The zero-order valence-electron chi connectivity index (χ0n) is 8.94. The molecule has 1 N–H and O–H groups in total. The zero-order valence-corrected chi connectivity index (χ0v) is 8.94. The molecule has 2 rings (SSSR count). The topological polar surface area (TPSA) is 55.1 Å². The van der Waals surface area contributed by atoms with Gasteiger partial charge in [0.2, 0.25) is 0 Å². The number of hydrogen-bond acceptors (Lipinski definition) is 2. The largest absolute Gasteiger partial charge is 0.480 e. The highest BCUT2D eigenvalue weighted by molar-refractivity contribution is 5.87. The highest BCUT2D eigenvalue weighted by Crippen LogP contribution is 2.61. The number of carboxylic acid groups (broad SMARTS) is 1. The van der Waals surface area contributed by atoms with Crippen LogP contribution in [0.1, 0.15) is 32.0 Å². The van der Waals surface area contributed by atoms with Gasteiger partial charge in [-0.05, 0) is 19.9 Å². The molecule has 0 amide bonds. The smallest absolute Gasteiger partial charge is 0.322 e. The van der Waals surface area contributed by atoms with Gasteiger partial charge in [-0.25, -0.2) is 8.78 Å². The highest BCUT2D eigenvalue weighted by Gasteiger charge is 2.78. The van der Waals surface area contributed by atoms with E-state index in [-0.39, 0.29) is 11.7 Å². The minimum Gasteiger partial charge on any atom is -0.480 e. The lowest BCUT2D eigenvalue weighted by atomic mass is 10.0. The molecule has 1 atom stereocenters. The summed E-state index contributed by atoms with van der Waals surface area (Å²) in [6.07, 6.45) is 0.710. The van der Waals surface area contributed by atoms with E-state index in [0.717, 1.165) is 0 Å². The molecule has 1 aliphatic rings. The van der Waals surface area contributed by atoms with E-state index in [1.807, 2.05) is 0 Å². The summed E-state index contributed by atoms with van der Waals surface area (Å²) in [6.45, 7) is 3.54. The molecule has 1 unspecified atom stereocenters. The Hall–Kier alpha value is -1.46. The number of carbonyl (C=O) groups is 1. The molecule has 0 bridgehead atoms. The number of nitrogens with zero attached hydrogens (tertiary/aromatic N) is 2. The van der Waals surface area contributed by atoms with Gasteiger partial charge in [0.15, 0.2) is 5.41 Å². The summed E-state index contributed by atoms with van der Waals surface area (Å²) in [7, 11) is 0. The van der Waals surface area contributed by atoms with Crippen molar-refractivity contribution >= 4 is 5.97 Å². The predicted molar refractivity (Wildman–Crippen MR) is 51.5 cm³/mol. The van der Waals surface area contributed by atoms with Crippen LogP contribution in [0.3, 0.4) is 0 Å². The number of alkyl halides is 2. The Morgan fingerprint density at radius 1 is 1.62 bits per heavy atom. The van der Waals surface area contributed by atoms with E-state index in [1.54, 1.807) is 13.8 Å². The third-order valence-corrected chi connectivity index (χ3v) is 2.95. The van der Waals surface area contributed by atoms with Gasteiger partial charge in [0.1, 0.15) is 0 Å². The average Bonchev–Trinajstić information content (AvgIpc) is 2.61. The maximum absolute atomic E-state index is 13.3. The maximum Gasteiger partial charge on any atom is 0.322 e. The molecule has 1 saturated carbocycles. The molecule has 0 radical (unpaired) electrons. The molecule has 4 nitrogen and oxygen atoms in total. The fourth-order valence-electron chi connectivity index (χ4n) is 1.97. The second-order valence-electron chi connectivity index (χ2n) is 4.35. The van der Waals surface area contributed by atoms with Crippen molar-refractivity contribution in [1.29, 1.82) is 0 Å². The molecule has 0 aliphatic heterocycles. The molecule has 1 fully saturated rings. The van der Waals surface area contributed by atoms with Gasteiger partial charge in [-0.3, -0.25) is 9.48 Å². The van der Waals surface area contributed by atoms with E-state index in [0.29, 0.717) is 0 Å². The molecular weight excluding hydrogens is 218 g/mol.